The Morgan fingerprint density at radius 3 is 2.17 bits per heavy atom. The lowest BCUT2D eigenvalue weighted by atomic mass is 10.2. The molecule has 2 rings (SSSR count). The Morgan fingerprint density at radius 1 is 0.889 bits per heavy atom. The molecule has 0 saturated heterocycles. The van der Waals surface area contributed by atoms with Gasteiger partial charge in [-0.05, 0) is 17.7 Å². The van der Waals surface area contributed by atoms with Gasteiger partial charge >= 0.3 is 0 Å². The first-order valence-corrected chi connectivity index (χ1v) is 5.41. The Kier molecular flexibility index (Phi) is 3.77. The van der Waals surface area contributed by atoms with E-state index in [1.807, 2.05) is 30.3 Å². The first-order valence-electron chi connectivity index (χ1n) is 5.41. The predicted molar refractivity (Wildman–Crippen MR) is 63.7 cm³/mol. The summed E-state index contributed by atoms with van der Waals surface area (Å²) in [5.74, 6) is -2.34. The highest BCUT2D eigenvalue weighted by atomic mass is 19.2. The normalized spacial score (nSPS) is 10.2. The van der Waals surface area contributed by atoms with Crippen molar-refractivity contribution >= 4 is 0 Å². The Labute approximate surface area is 104 Å². The third kappa shape index (κ3) is 2.59. The van der Waals surface area contributed by atoms with Gasteiger partial charge in [0, 0.05) is 0 Å². The van der Waals surface area contributed by atoms with Crippen molar-refractivity contribution in [1.29, 1.82) is 0 Å². The van der Waals surface area contributed by atoms with E-state index >= 15 is 0 Å². The summed E-state index contributed by atoms with van der Waals surface area (Å²) in [5, 5.41) is 0. The minimum absolute atomic E-state index is 0.128. The van der Waals surface area contributed by atoms with E-state index in [-0.39, 0.29) is 18.1 Å². The second kappa shape index (κ2) is 5.49. The number of rotatable bonds is 4. The zero-order valence-electron chi connectivity index (χ0n) is 9.82. The van der Waals surface area contributed by atoms with Crippen molar-refractivity contribution in [3.05, 3.63) is 59.7 Å². The van der Waals surface area contributed by atoms with E-state index in [9.17, 15) is 8.78 Å². The molecule has 0 heterocycles. The summed E-state index contributed by atoms with van der Waals surface area (Å²) in [7, 11) is 1.28. The predicted octanol–water partition coefficient (Wildman–Crippen LogP) is 3.55. The molecule has 0 unspecified atom stereocenters. The molecule has 0 aliphatic rings. The fourth-order valence-electron chi connectivity index (χ4n) is 1.52. The molecule has 0 aromatic heterocycles. The number of ether oxygens (including phenoxy) is 2. The lowest BCUT2D eigenvalue weighted by molar-refractivity contribution is 0.280. The van der Waals surface area contributed by atoms with Gasteiger partial charge in [-0.1, -0.05) is 30.3 Å². The van der Waals surface area contributed by atoms with Crippen molar-refractivity contribution in [2.75, 3.05) is 7.11 Å². The van der Waals surface area contributed by atoms with Crippen LogP contribution in [-0.2, 0) is 6.61 Å². The van der Waals surface area contributed by atoms with Crippen LogP contribution in [0.15, 0.2) is 42.5 Å². The van der Waals surface area contributed by atoms with Crippen molar-refractivity contribution in [3.63, 3.8) is 0 Å². The molecule has 0 aliphatic carbocycles. The van der Waals surface area contributed by atoms with Crippen molar-refractivity contribution in [2.45, 2.75) is 6.61 Å². The van der Waals surface area contributed by atoms with Crippen molar-refractivity contribution in [3.8, 4) is 11.5 Å². The minimum atomic E-state index is -1.04. The molecule has 0 aliphatic heterocycles. The largest absolute Gasteiger partial charge is 0.494 e. The number of halogens is 2. The molecule has 0 radical (unpaired) electrons. The summed E-state index contributed by atoms with van der Waals surface area (Å²) < 4.78 is 36.9. The van der Waals surface area contributed by atoms with Crippen LogP contribution in [0.4, 0.5) is 8.78 Å². The van der Waals surface area contributed by atoms with Crippen LogP contribution >= 0.6 is 0 Å². The van der Waals surface area contributed by atoms with E-state index in [2.05, 4.69) is 4.74 Å². The zero-order valence-corrected chi connectivity index (χ0v) is 9.82. The van der Waals surface area contributed by atoms with Crippen LogP contribution in [0.5, 0.6) is 11.5 Å². The van der Waals surface area contributed by atoms with Gasteiger partial charge in [0.15, 0.2) is 11.5 Å². The van der Waals surface area contributed by atoms with Crippen LogP contribution < -0.4 is 9.47 Å². The molecule has 0 fully saturated rings. The van der Waals surface area contributed by atoms with E-state index in [0.717, 1.165) is 5.56 Å². The van der Waals surface area contributed by atoms with Crippen LogP contribution in [0.3, 0.4) is 0 Å². The topological polar surface area (TPSA) is 18.5 Å². The second-order valence-corrected chi connectivity index (χ2v) is 3.67. The summed E-state index contributed by atoms with van der Waals surface area (Å²) in [6, 6.07) is 11.9. The van der Waals surface area contributed by atoms with Crippen molar-refractivity contribution in [2.24, 2.45) is 0 Å². The Bertz CT molecular complexity index is 527. The molecule has 0 saturated carbocycles. The second-order valence-electron chi connectivity index (χ2n) is 3.67. The first kappa shape index (κ1) is 12.4. The minimum Gasteiger partial charge on any atom is -0.494 e. The highest BCUT2D eigenvalue weighted by Gasteiger charge is 2.14. The standard InChI is InChI=1S/C14H12F2O2/c1-17-11-7-8-12(14(16)13(11)15)18-9-10-5-3-2-4-6-10/h2-8H,9H2,1H3. The summed E-state index contributed by atoms with van der Waals surface area (Å²) in [5.41, 5.74) is 0.883. The average molecular weight is 250 g/mol. The molecule has 0 amide bonds. The molecule has 0 spiro atoms. The quantitative estimate of drug-likeness (QED) is 0.826. The number of benzene rings is 2. The van der Waals surface area contributed by atoms with Gasteiger partial charge in [-0.2, -0.15) is 8.78 Å². The van der Waals surface area contributed by atoms with Gasteiger partial charge in [-0.15, -0.1) is 0 Å². The lowest BCUT2D eigenvalue weighted by Crippen LogP contribution is -2.00. The van der Waals surface area contributed by atoms with E-state index < -0.39 is 11.6 Å². The van der Waals surface area contributed by atoms with Crippen LogP contribution in [0, 0.1) is 11.6 Å². The molecule has 2 aromatic rings. The van der Waals surface area contributed by atoms with Gasteiger partial charge < -0.3 is 9.47 Å². The molecular weight excluding hydrogens is 238 g/mol. The van der Waals surface area contributed by atoms with Gasteiger partial charge in [0.2, 0.25) is 11.6 Å². The summed E-state index contributed by atoms with van der Waals surface area (Å²) in [6.45, 7) is 0.184. The fraction of sp³-hybridized carbons (Fsp3) is 0.143. The van der Waals surface area contributed by atoms with Crippen LogP contribution in [0.25, 0.3) is 0 Å². The fourth-order valence-corrected chi connectivity index (χ4v) is 1.52. The molecular formula is C14H12F2O2. The SMILES string of the molecule is COc1ccc(OCc2ccccc2)c(F)c1F. The Hall–Kier alpha value is -2.10. The van der Waals surface area contributed by atoms with Crippen molar-refractivity contribution in [1.82, 2.24) is 0 Å². The Morgan fingerprint density at radius 2 is 1.50 bits per heavy atom. The van der Waals surface area contributed by atoms with Gasteiger partial charge in [0.25, 0.3) is 0 Å². The third-order valence-electron chi connectivity index (χ3n) is 2.47. The number of hydrogen-bond acceptors (Lipinski definition) is 2. The van der Waals surface area contributed by atoms with E-state index in [1.165, 1.54) is 19.2 Å². The smallest absolute Gasteiger partial charge is 0.204 e. The highest BCUT2D eigenvalue weighted by molar-refractivity contribution is 5.35. The molecule has 0 N–H and O–H groups in total. The molecule has 18 heavy (non-hydrogen) atoms. The molecule has 94 valence electrons. The monoisotopic (exact) mass is 250 g/mol. The van der Waals surface area contributed by atoms with Gasteiger partial charge in [0.1, 0.15) is 6.61 Å². The highest BCUT2D eigenvalue weighted by Crippen LogP contribution is 2.27. The van der Waals surface area contributed by atoms with Gasteiger partial charge in [0.05, 0.1) is 7.11 Å². The maximum atomic E-state index is 13.6. The Balaban J connectivity index is 2.13. The van der Waals surface area contributed by atoms with Gasteiger partial charge in [-0.25, -0.2) is 0 Å². The van der Waals surface area contributed by atoms with Crippen molar-refractivity contribution < 1.29 is 18.3 Å². The maximum Gasteiger partial charge on any atom is 0.204 e. The maximum absolute atomic E-state index is 13.6. The van der Waals surface area contributed by atoms with E-state index in [4.69, 9.17) is 4.74 Å². The first-order chi connectivity index (χ1) is 8.72. The van der Waals surface area contributed by atoms with Crippen LogP contribution in [0.2, 0.25) is 0 Å². The van der Waals surface area contributed by atoms with Gasteiger partial charge in [-0.3, -0.25) is 0 Å². The number of methoxy groups -OCH3 is 1. The molecule has 2 nitrogen and oxygen atoms in total. The summed E-state index contributed by atoms with van der Waals surface area (Å²) >= 11 is 0. The molecule has 4 heteroatoms. The molecule has 0 atom stereocenters. The van der Waals surface area contributed by atoms with Crippen LogP contribution in [-0.4, -0.2) is 7.11 Å². The average Bonchev–Trinajstić information content (AvgIpc) is 2.42. The third-order valence-corrected chi connectivity index (χ3v) is 2.47. The lowest BCUT2D eigenvalue weighted by Gasteiger charge is -2.09. The van der Waals surface area contributed by atoms with E-state index in [1.54, 1.807) is 0 Å². The number of hydrogen-bond donors (Lipinski definition) is 0. The summed E-state index contributed by atoms with van der Waals surface area (Å²) in [4.78, 5) is 0. The zero-order chi connectivity index (χ0) is 13.0. The molecule has 2 aromatic carbocycles. The van der Waals surface area contributed by atoms with Crippen LogP contribution in [0.1, 0.15) is 5.56 Å². The molecule has 0 bridgehead atoms. The summed E-state index contributed by atoms with van der Waals surface area (Å²) in [6.07, 6.45) is 0. The van der Waals surface area contributed by atoms with E-state index in [0.29, 0.717) is 0 Å².